The van der Waals surface area contributed by atoms with Gasteiger partial charge in [0.1, 0.15) is 6.54 Å². The lowest BCUT2D eigenvalue weighted by molar-refractivity contribution is -0.143. The molecule has 1 aliphatic heterocycles. The van der Waals surface area contributed by atoms with Crippen LogP contribution in [0.2, 0.25) is 0 Å². The number of thiocarbonyl (C=S) groups is 1. The molecule has 0 aromatic carbocycles. The fraction of sp³-hybridized carbons (Fsp3) is 0.450. The van der Waals surface area contributed by atoms with Gasteiger partial charge in [0.05, 0.1) is 24.4 Å². The number of ether oxygens (including phenoxy) is 1. The highest BCUT2D eigenvalue weighted by atomic mass is 32.1. The molecule has 0 aliphatic carbocycles. The van der Waals surface area contributed by atoms with Crippen molar-refractivity contribution in [2.45, 2.75) is 45.3 Å². The normalized spacial score (nSPS) is 19.9. The van der Waals surface area contributed by atoms with E-state index in [2.05, 4.69) is 54.1 Å². The van der Waals surface area contributed by atoms with E-state index in [1.807, 2.05) is 23.1 Å². The van der Waals surface area contributed by atoms with Gasteiger partial charge < -0.3 is 19.5 Å². The topological polar surface area (TPSA) is 59.4 Å². The quantitative estimate of drug-likeness (QED) is 0.629. The van der Waals surface area contributed by atoms with E-state index in [0.717, 1.165) is 11.3 Å². The highest BCUT2D eigenvalue weighted by Gasteiger charge is 2.41. The maximum atomic E-state index is 12.2. The first kappa shape index (κ1) is 19.4. The van der Waals surface area contributed by atoms with Crippen molar-refractivity contribution < 1.29 is 9.53 Å². The maximum Gasteiger partial charge on any atom is 0.325 e. The molecule has 2 aromatic heterocycles. The Labute approximate surface area is 165 Å². The van der Waals surface area contributed by atoms with Crippen LogP contribution in [0.1, 0.15) is 51.0 Å². The van der Waals surface area contributed by atoms with Crippen molar-refractivity contribution in [2.75, 3.05) is 13.2 Å². The van der Waals surface area contributed by atoms with Crippen LogP contribution in [0.4, 0.5) is 0 Å². The first-order valence-electron chi connectivity index (χ1n) is 9.13. The summed E-state index contributed by atoms with van der Waals surface area (Å²) >= 11 is 5.55. The van der Waals surface area contributed by atoms with E-state index in [0.29, 0.717) is 11.7 Å². The number of hydrogen-bond donors (Lipinski definition) is 1. The third-order valence-corrected chi connectivity index (χ3v) is 4.99. The molecule has 6 nitrogen and oxygen atoms in total. The molecule has 2 atom stereocenters. The third kappa shape index (κ3) is 4.13. The van der Waals surface area contributed by atoms with Crippen LogP contribution in [0.3, 0.4) is 0 Å². The van der Waals surface area contributed by atoms with Crippen molar-refractivity contribution in [3.8, 4) is 0 Å². The second-order valence-corrected chi connectivity index (χ2v) is 7.97. The van der Waals surface area contributed by atoms with Gasteiger partial charge in [0, 0.05) is 24.1 Å². The van der Waals surface area contributed by atoms with Gasteiger partial charge in [0.15, 0.2) is 5.11 Å². The van der Waals surface area contributed by atoms with Crippen LogP contribution in [-0.2, 0) is 15.1 Å². The number of carbonyl (C=O) groups excluding carboxylic acids is 1. The van der Waals surface area contributed by atoms with Crippen LogP contribution in [0.15, 0.2) is 42.9 Å². The number of rotatable bonds is 5. The summed E-state index contributed by atoms with van der Waals surface area (Å²) in [5, 5.41) is 3.88. The fourth-order valence-corrected chi connectivity index (χ4v) is 3.60. The van der Waals surface area contributed by atoms with E-state index in [9.17, 15) is 4.79 Å². The lowest BCUT2D eigenvalue weighted by atomic mass is 9.99. The van der Waals surface area contributed by atoms with Gasteiger partial charge in [-0.2, -0.15) is 0 Å². The van der Waals surface area contributed by atoms with Gasteiger partial charge in [-0.15, -0.1) is 0 Å². The van der Waals surface area contributed by atoms with Gasteiger partial charge >= 0.3 is 5.97 Å². The molecule has 144 valence electrons. The third-order valence-electron chi connectivity index (χ3n) is 4.63. The summed E-state index contributed by atoms with van der Waals surface area (Å²) in [4.78, 5) is 18.6. The minimum absolute atomic E-state index is 0.0305. The molecule has 0 amide bonds. The van der Waals surface area contributed by atoms with Crippen molar-refractivity contribution in [3.63, 3.8) is 0 Å². The molecule has 7 heteroatoms. The predicted molar refractivity (Wildman–Crippen MR) is 108 cm³/mol. The molecular weight excluding hydrogens is 360 g/mol. The minimum atomic E-state index is -0.288. The number of hydrogen-bond acceptors (Lipinski definition) is 4. The zero-order valence-corrected chi connectivity index (χ0v) is 17.0. The molecular formula is C20H26N4O2S. The Bertz CT molecular complexity index is 813. The van der Waals surface area contributed by atoms with Crippen LogP contribution in [0.5, 0.6) is 0 Å². The molecule has 1 fully saturated rings. The molecule has 0 radical (unpaired) electrons. The molecule has 27 heavy (non-hydrogen) atoms. The number of aromatic nitrogens is 2. The van der Waals surface area contributed by atoms with Gasteiger partial charge in [-0.05, 0) is 63.7 Å². The van der Waals surface area contributed by atoms with Crippen molar-refractivity contribution in [3.05, 3.63) is 54.1 Å². The van der Waals surface area contributed by atoms with E-state index < -0.39 is 0 Å². The zero-order chi connectivity index (χ0) is 19.6. The molecule has 0 unspecified atom stereocenters. The number of nitrogens with one attached hydrogen (secondary N) is 1. The molecule has 3 heterocycles. The summed E-state index contributed by atoms with van der Waals surface area (Å²) in [6, 6.07) is 7.63. The van der Waals surface area contributed by atoms with E-state index >= 15 is 0 Å². The summed E-state index contributed by atoms with van der Waals surface area (Å²) in [7, 11) is 0. The lowest BCUT2D eigenvalue weighted by Crippen LogP contribution is -2.35. The van der Waals surface area contributed by atoms with E-state index in [1.165, 1.54) is 0 Å². The van der Waals surface area contributed by atoms with Crippen LogP contribution in [0.25, 0.3) is 0 Å². The Kier molecular flexibility index (Phi) is 5.51. The highest BCUT2D eigenvalue weighted by Crippen LogP contribution is 2.39. The summed E-state index contributed by atoms with van der Waals surface area (Å²) in [6.45, 7) is 8.72. The fourth-order valence-electron chi connectivity index (χ4n) is 3.29. The molecule has 0 bridgehead atoms. The van der Waals surface area contributed by atoms with Crippen molar-refractivity contribution >= 4 is 23.3 Å². The molecule has 2 aromatic rings. The van der Waals surface area contributed by atoms with Crippen molar-refractivity contribution in [1.82, 2.24) is 19.8 Å². The SMILES string of the molecule is CCOC(=O)CN1C(=S)N[C@@H](c2ccccn2)[C@H]1c1ccn(C(C)(C)C)c1. The molecule has 0 saturated carbocycles. The predicted octanol–water partition coefficient (Wildman–Crippen LogP) is 3.17. The molecule has 3 rings (SSSR count). The minimum Gasteiger partial charge on any atom is -0.465 e. The summed E-state index contributed by atoms with van der Waals surface area (Å²) < 4.78 is 7.32. The average Bonchev–Trinajstić information content (AvgIpc) is 3.21. The van der Waals surface area contributed by atoms with E-state index in [-0.39, 0.29) is 30.1 Å². The lowest BCUT2D eigenvalue weighted by Gasteiger charge is -2.27. The summed E-state index contributed by atoms with van der Waals surface area (Å²) in [5.74, 6) is -0.288. The van der Waals surface area contributed by atoms with Crippen LogP contribution in [-0.4, -0.2) is 38.7 Å². The van der Waals surface area contributed by atoms with Crippen LogP contribution in [0, 0.1) is 0 Å². The Hall–Kier alpha value is -2.41. The van der Waals surface area contributed by atoms with Gasteiger partial charge in [0.25, 0.3) is 0 Å². The van der Waals surface area contributed by atoms with Gasteiger partial charge in [-0.1, -0.05) is 6.07 Å². The molecule has 1 saturated heterocycles. The largest absolute Gasteiger partial charge is 0.465 e. The first-order chi connectivity index (χ1) is 12.8. The zero-order valence-electron chi connectivity index (χ0n) is 16.2. The van der Waals surface area contributed by atoms with Crippen molar-refractivity contribution in [1.29, 1.82) is 0 Å². The summed E-state index contributed by atoms with van der Waals surface area (Å²) in [6.07, 6.45) is 5.95. The second kappa shape index (κ2) is 7.68. The standard InChI is InChI=1S/C20H26N4O2S/c1-5-26-16(25)13-24-18(14-9-11-23(12-14)20(2,3)4)17(22-19(24)27)15-8-6-7-10-21-15/h6-12,17-18H,5,13H2,1-4H3,(H,22,27)/t17-,18+/m0/s1. The molecule has 1 aliphatic rings. The number of carbonyl (C=O) groups is 1. The number of nitrogens with zero attached hydrogens (tertiary/aromatic N) is 3. The Morgan fingerprint density at radius 2 is 2.11 bits per heavy atom. The maximum absolute atomic E-state index is 12.2. The Morgan fingerprint density at radius 3 is 2.70 bits per heavy atom. The van der Waals surface area contributed by atoms with E-state index in [4.69, 9.17) is 17.0 Å². The second-order valence-electron chi connectivity index (χ2n) is 7.58. The molecule has 1 N–H and O–H groups in total. The average molecular weight is 387 g/mol. The van der Waals surface area contributed by atoms with Crippen molar-refractivity contribution in [2.24, 2.45) is 0 Å². The van der Waals surface area contributed by atoms with Gasteiger partial charge in [-0.3, -0.25) is 9.78 Å². The monoisotopic (exact) mass is 386 g/mol. The highest BCUT2D eigenvalue weighted by molar-refractivity contribution is 7.80. The smallest absolute Gasteiger partial charge is 0.325 e. The Morgan fingerprint density at radius 1 is 1.33 bits per heavy atom. The van der Waals surface area contributed by atoms with Crippen LogP contribution < -0.4 is 5.32 Å². The number of pyridine rings is 1. The molecule has 0 spiro atoms. The summed E-state index contributed by atoms with van der Waals surface area (Å²) in [5.41, 5.74) is 1.94. The number of esters is 1. The Balaban J connectivity index is 1.98. The van der Waals surface area contributed by atoms with Gasteiger partial charge in [0.2, 0.25) is 0 Å². The first-order valence-corrected chi connectivity index (χ1v) is 9.54. The van der Waals surface area contributed by atoms with Crippen LogP contribution >= 0.6 is 12.2 Å². The van der Waals surface area contributed by atoms with Gasteiger partial charge in [-0.25, -0.2) is 0 Å². The van der Waals surface area contributed by atoms with E-state index in [1.54, 1.807) is 13.1 Å².